The molecule has 0 atom stereocenters. The predicted octanol–water partition coefficient (Wildman–Crippen LogP) is 15.8. The number of furan rings is 2. The first kappa shape index (κ1) is 34.3. The molecule has 0 aliphatic heterocycles. The molecule has 8 rings (SSSR count). The summed E-state index contributed by atoms with van der Waals surface area (Å²) in [4.78, 5) is 0. The fraction of sp³-hybridized carbons (Fsp3) is 0.320. The number of fused-ring (bicyclic) bond motifs is 9. The fourth-order valence-corrected chi connectivity index (χ4v) is 8.25. The van der Waals surface area contributed by atoms with Crippen LogP contribution in [0.2, 0.25) is 0 Å². The number of aryl methyl sites for hydroxylation is 2. The smallest absolute Gasteiger partial charge is 0.135 e. The van der Waals surface area contributed by atoms with E-state index in [2.05, 4.69) is 123 Å². The highest BCUT2D eigenvalue weighted by atomic mass is 16.3. The van der Waals surface area contributed by atoms with E-state index in [1.165, 1.54) is 131 Å². The van der Waals surface area contributed by atoms with Crippen molar-refractivity contribution in [2.24, 2.45) is 0 Å². The van der Waals surface area contributed by atoms with Gasteiger partial charge in [0.15, 0.2) is 0 Å². The van der Waals surface area contributed by atoms with Crippen LogP contribution in [-0.2, 0) is 12.8 Å². The molecular weight excluding hydrogens is 633 g/mol. The number of benzene rings is 6. The summed E-state index contributed by atoms with van der Waals surface area (Å²) >= 11 is 0. The molecule has 0 fully saturated rings. The third-order valence-electron chi connectivity index (χ3n) is 11.3. The van der Waals surface area contributed by atoms with Crippen molar-refractivity contribution in [2.75, 3.05) is 0 Å². The lowest BCUT2D eigenvalue weighted by molar-refractivity contribution is 0.607. The van der Waals surface area contributed by atoms with Crippen molar-refractivity contribution in [2.45, 2.75) is 104 Å². The highest BCUT2D eigenvalue weighted by Crippen LogP contribution is 2.40. The normalized spacial score (nSPS) is 12.0. The van der Waals surface area contributed by atoms with E-state index in [0.29, 0.717) is 0 Å². The van der Waals surface area contributed by atoms with Gasteiger partial charge in [-0.2, -0.15) is 0 Å². The molecule has 52 heavy (non-hydrogen) atoms. The fourth-order valence-electron chi connectivity index (χ4n) is 8.25. The quantitative estimate of drug-likeness (QED) is 0.0748. The molecule has 0 saturated carbocycles. The lowest BCUT2D eigenvalue weighted by Gasteiger charge is -2.08. The van der Waals surface area contributed by atoms with Crippen LogP contribution in [0, 0.1) is 0 Å². The van der Waals surface area contributed by atoms with Gasteiger partial charge in [-0.05, 0) is 93.4 Å². The van der Waals surface area contributed by atoms with Crippen LogP contribution < -0.4 is 0 Å². The first-order valence-corrected chi connectivity index (χ1v) is 20.1. The molecule has 2 nitrogen and oxygen atoms in total. The van der Waals surface area contributed by atoms with Gasteiger partial charge in [0.25, 0.3) is 0 Å². The molecule has 0 bridgehead atoms. The molecular formula is C50H52O2. The average Bonchev–Trinajstić information content (AvgIpc) is 3.83. The molecule has 2 aromatic heterocycles. The van der Waals surface area contributed by atoms with Crippen LogP contribution in [-0.4, -0.2) is 0 Å². The van der Waals surface area contributed by atoms with E-state index in [4.69, 9.17) is 8.83 Å². The van der Waals surface area contributed by atoms with Gasteiger partial charge >= 0.3 is 0 Å². The molecule has 0 radical (unpaired) electrons. The number of rotatable bonds is 16. The van der Waals surface area contributed by atoms with Gasteiger partial charge in [0.1, 0.15) is 22.7 Å². The number of unbranched alkanes of at least 4 members (excludes halogenated alkanes) is 10. The maximum Gasteiger partial charge on any atom is 0.135 e. The summed E-state index contributed by atoms with van der Waals surface area (Å²) in [5.74, 6) is 1.86. The highest BCUT2D eigenvalue weighted by Gasteiger charge is 2.15. The largest absolute Gasteiger partial charge is 0.456 e. The second-order valence-corrected chi connectivity index (χ2v) is 15.0. The van der Waals surface area contributed by atoms with E-state index in [-0.39, 0.29) is 0 Å². The molecule has 0 aliphatic carbocycles. The number of hydrogen-bond acceptors (Lipinski definition) is 2. The summed E-state index contributed by atoms with van der Waals surface area (Å²) in [7, 11) is 0. The Bertz CT molecular complexity index is 2250. The van der Waals surface area contributed by atoms with E-state index >= 15 is 0 Å². The lowest BCUT2D eigenvalue weighted by atomic mass is 9.94. The van der Waals surface area contributed by atoms with Crippen LogP contribution in [0.4, 0.5) is 0 Å². The molecule has 264 valence electrons. The van der Waals surface area contributed by atoms with Crippen LogP contribution in [0.3, 0.4) is 0 Å². The van der Waals surface area contributed by atoms with Crippen molar-refractivity contribution >= 4 is 54.3 Å². The third-order valence-corrected chi connectivity index (χ3v) is 11.3. The minimum absolute atomic E-state index is 0.929. The van der Waals surface area contributed by atoms with E-state index < -0.39 is 0 Å². The third kappa shape index (κ3) is 7.13. The molecule has 0 amide bonds. The Morgan fingerprint density at radius 3 is 1.04 bits per heavy atom. The van der Waals surface area contributed by atoms with Crippen LogP contribution in [0.1, 0.15) is 102 Å². The van der Waals surface area contributed by atoms with Gasteiger partial charge in [0, 0.05) is 21.9 Å². The van der Waals surface area contributed by atoms with Crippen LogP contribution in [0.15, 0.2) is 118 Å². The maximum atomic E-state index is 6.44. The topological polar surface area (TPSA) is 26.3 Å². The van der Waals surface area contributed by atoms with E-state index in [1.807, 2.05) is 0 Å². The van der Waals surface area contributed by atoms with E-state index in [1.54, 1.807) is 0 Å². The van der Waals surface area contributed by atoms with Gasteiger partial charge in [0.05, 0.1) is 0 Å². The molecule has 0 saturated heterocycles. The minimum atomic E-state index is 0.929. The SMILES string of the molecule is CCCCCCCCc1ccc(-c2cc3c(ccc4c3ccc3c5ccc6oc(-c7ccc(CCCCCCCC)cc7)cc6c5ccc43)o2)cc1. The standard InChI is InChI=1S/C50H52O2/c1-3-5-7-9-11-13-15-35-17-21-37(22-18-35)49-33-45-43-27-25-40-39(41(43)29-31-47(45)51-49)26-28-44-42(40)30-32-48-46(44)34-50(52-48)38-23-19-36(20-24-38)16-14-12-10-8-6-4-2/h17-34H,3-16H2,1-2H3. The Morgan fingerprint density at radius 2 is 0.654 bits per heavy atom. The van der Waals surface area contributed by atoms with Crippen molar-refractivity contribution in [1.29, 1.82) is 0 Å². The van der Waals surface area contributed by atoms with Crippen molar-refractivity contribution in [3.8, 4) is 22.6 Å². The van der Waals surface area contributed by atoms with Gasteiger partial charge in [-0.15, -0.1) is 0 Å². The van der Waals surface area contributed by atoms with Crippen molar-refractivity contribution in [3.05, 3.63) is 120 Å². The van der Waals surface area contributed by atoms with Crippen molar-refractivity contribution in [3.63, 3.8) is 0 Å². The van der Waals surface area contributed by atoms with Gasteiger partial charge in [-0.25, -0.2) is 0 Å². The molecule has 2 heteroatoms. The maximum absolute atomic E-state index is 6.44. The average molecular weight is 685 g/mol. The lowest BCUT2D eigenvalue weighted by Crippen LogP contribution is -1.86. The van der Waals surface area contributed by atoms with E-state index in [0.717, 1.165) is 46.7 Å². The van der Waals surface area contributed by atoms with Gasteiger partial charge < -0.3 is 8.83 Å². The molecule has 0 aliphatic rings. The van der Waals surface area contributed by atoms with Gasteiger partial charge in [-0.3, -0.25) is 0 Å². The second kappa shape index (κ2) is 15.8. The zero-order valence-corrected chi connectivity index (χ0v) is 31.1. The summed E-state index contributed by atoms with van der Waals surface area (Å²) in [6.07, 6.45) is 18.3. The number of hydrogen-bond donors (Lipinski definition) is 0. The summed E-state index contributed by atoms with van der Waals surface area (Å²) in [6, 6.07) is 40.3. The molecule has 0 spiro atoms. The Morgan fingerprint density at radius 1 is 0.327 bits per heavy atom. The molecule has 6 aromatic carbocycles. The molecule has 2 heterocycles. The summed E-state index contributed by atoms with van der Waals surface area (Å²) in [6.45, 7) is 4.55. The summed E-state index contributed by atoms with van der Waals surface area (Å²) < 4.78 is 12.9. The zero-order chi connectivity index (χ0) is 35.3. The highest BCUT2D eigenvalue weighted by molar-refractivity contribution is 6.24. The molecule has 0 unspecified atom stereocenters. The van der Waals surface area contributed by atoms with Crippen molar-refractivity contribution in [1.82, 2.24) is 0 Å². The first-order valence-electron chi connectivity index (χ1n) is 20.1. The first-order chi connectivity index (χ1) is 25.7. The minimum Gasteiger partial charge on any atom is -0.456 e. The zero-order valence-electron chi connectivity index (χ0n) is 31.1. The second-order valence-electron chi connectivity index (χ2n) is 15.0. The summed E-state index contributed by atoms with van der Waals surface area (Å²) in [5.41, 5.74) is 6.96. The van der Waals surface area contributed by atoms with Crippen LogP contribution >= 0.6 is 0 Å². The van der Waals surface area contributed by atoms with Crippen LogP contribution in [0.5, 0.6) is 0 Å². The Kier molecular flexibility index (Phi) is 10.4. The van der Waals surface area contributed by atoms with E-state index in [9.17, 15) is 0 Å². The monoisotopic (exact) mass is 684 g/mol. The molecule has 0 N–H and O–H groups in total. The summed E-state index contributed by atoms with van der Waals surface area (Å²) in [5, 5.41) is 9.81. The Labute approximate surface area is 308 Å². The van der Waals surface area contributed by atoms with Crippen LogP contribution in [0.25, 0.3) is 76.9 Å². The van der Waals surface area contributed by atoms with Crippen molar-refractivity contribution < 1.29 is 8.83 Å². The Hall–Kier alpha value is -4.82. The Balaban J connectivity index is 1.03. The predicted molar refractivity (Wildman–Crippen MR) is 224 cm³/mol. The molecule has 8 aromatic rings. The van der Waals surface area contributed by atoms with Gasteiger partial charge in [0.2, 0.25) is 0 Å². The van der Waals surface area contributed by atoms with Gasteiger partial charge in [-0.1, -0.05) is 163 Å².